The SMILES string of the molecule is COC(=O)c1ccc(C)c(CNC(S)NC(C)C)c1Cl. The van der Waals surface area contributed by atoms with Crippen molar-refractivity contribution in [3.8, 4) is 0 Å². The maximum atomic E-state index is 11.6. The van der Waals surface area contributed by atoms with Crippen molar-refractivity contribution in [3.63, 3.8) is 0 Å². The molecule has 1 aromatic carbocycles. The zero-order valence-corrected chi connectivity index (χ0v) is 13.8. The first-order valence-electron chi connectivity index (χ1n) is 6.40. The number of carbonyl (C=O) groups excluding carboxylic acids is 1. The monoisotopic (exact) mass is 316 g/mol. The van der Waals surface area contributed by atoms with E-state index < -0.39 is 5.97 Å². The average molecular weight is 317 g/mol. The van der Waals surface area contributed by atoms with Crippen LogP contribution in [0, 0.1) is 6.92 Å². The third kappa shape index (κ3) is 4.66. The van der Waals surface area contributed by atoms with Crippen LogP contribution in [0.4, 0.5) is 0 Å². The van der Waals surface area contributed by atoms with Crippen LogP contribution in [0.2, 0.25) is 5.02 Å². The van der Waals surface area contributed by atoms with Crippen molar-refractivity contribution in [1.82, 2.24) is 10.6 Å². The lowest BCUT2D eigenvalue weighted by Crippen LogP contribution is -2.41. The highest BCUT2D eigenvalue weighted by molar-refractivity contribution is 7.80. The predicted molar refractivity (Wildman–Crippen MR) is 85.4 cm³/mol. The number of hydrogen-bond donors (Lipinski definition) is 3. The second kappa shape index (κ2) is 7.88. The van der Waals surface area contributed by atoms with Crippen LogP contribution >= 0.6 is 24.2 Å². The minimum atomic E-state index is -0.432. The largest absolute Gasteiger partial charge is 0.465 e. The Labute approximate surface area is 130 Å². The highest BCUT2D eigenvalue weighted by atomic mass is 35.5. The second-order valence-corrected chi connectivity index (χ2v) is 5.71. The van der Waals surface area contributed by atoms with Crippen LogP contribution in [0.25, 0.3) is 0 Å². The van der Waals surface area contributed by atoms with Gasteiger partial charge in [0, 0.05) is 12.6 Å². The van der Waals surface area contributed by atoms with Crippen molar-refractivity contribution in [1.29, 1.82) is 0 Å². The fourth-order valence-corrected chi connectivity index (χ4v) is 2.52. The van der Waals surface area contributed by atoms with Gasteiger partial charge in [-0.25, -0.2) is 4.79 Å². The summed E-state index contributed by atoms with van der Waals surface area (Å²) in [7, 11) is 1.34. The molecule has 0 bridgehead atoms. The van der Waals surface area contributed by atoms with Crippen molar-refractivity contribution in [3.05, 3.63) is 33.8 Å². The van der Waals surface area contributed by atoms with Gasteiger partial charge in [-0.15, -0.1) is 12.6 Å². The molecule has 1 rings (SSSR count). The van der Waals surface area contributed by atoms with Gasteiger partial charge in [-0.3, -0.25) is 10.6 Å². The molecule has 1 aromatic rings. The molecule has 0 aliphatic carbocycles. The van der Waals surface area contributed by atoms with Gasteiger partial charge in [-0.1, -0.05) is 17.7 Å². The fourth-order valence-electron chi connectivity index (χ4n) is 1.78. The first-order valence-corrected chi connectivity index (χ1v) is 7.30. The van der Waals surface area contributed by atoms with E-state index in [4.69, 9.17) is 16.3 Å². The lowest BCUT2D eigenvalue weighted by molar-refractivity contribution is 0.0601. The molecule has 2 N–H and O–H groups in total. The van der Waals surface area contributed by atoms with Gasteiger partial charge in [0.05, 0.1) is 17.7 Å². The molecular weight excluding hydrogens is 296 g/mol. The number of ether oxygens (including phenoxy) is 1. The summed E-state index contributed by atoms with van der Waals surface area (Å²) in [6, 6.07) is 3.86. The Morgan fingerprint density at radius 2 is 2.10 bits per heavy atom. The molecule has 0 saturated carbocycles. The summed E-state index contributed by atoms with van der Waals surface area (Å²) < 4.78 is 4.72. The lowest BCUT2D eigenvalue weighted by atomic mass is 10.0. The normalized spacial score (nSPS) is 12.6. The molecule has 6 heteroatoms. The summed E-state index contributed by atoms with van der Waals surface area (Å²) in [5.74, 6) is -0.432. The molecule has 112 valence electrons. The van der Waals surface area contributed by atoms with E-state index >= 15 is 0 Å². The van der Waals surface area contributed by atoms with Gasteiger partial charge in [0.15, 0.2) is 0 Å². The predicted octanol–water partition coefficient (Wildman–Crippen LogP) is 2.74. The summed E-state index contributed by atoms with van der Waals surface area (Å²) in [5, 5.41) is 6.86. The van der Waals surface area contributed by atoms with Crippen molar-refractivity contribution < 1.29 is 9.53 Å². The van der Waals surface area contributed by atoms with E-state index in [1.807, 2.05) is 26.8 Å². The Morgan fingerprint density at radius 3 is 2.65 bits per heavy atom. The average Bonchev–Trinajstić information content (AvgIpc) is 2.37. The van der Waals surface area contributed by atoms with E-state index in [9.17, 15) is 4.79 Å². The zero-order chi connectivity index (χ0) is 15.3. The maximum absolute atomic E-state index is 11.6. The molecule has 1 atom stereocenters. The number of carbonyl (C=O) groups is 1. The second-order valence-electron chi connectivity index (χ2n) is 4.82. The van der Waals surface area contributed by atoms with E-state index in [2.05, 4.69) is 23.3 Å². The molecular formula is C14H21ClN2O2S. The van der Waals surface area contributed by atoms with E-state index in [0.29, 0.717) is 23.2 Å². The Balaban J connectivity index is 2.86. The lowest BCUT2D eigenvalue weighted by Gasteiger charge is -2.19. The Kier molecular flexibility index (Phi) is 6.82. The molecule has 20 heavy (non-hydrogen) atoms. The van der Waals surface area contributed by atoms with E-state index in [1.165, 1.54) is 7.11 Å². The topological polar surface area (TPSA) is 50.4 Å². The summed E-state index contributed by atoms with van der Waals surface area (Å²) >= 11 is 10.7. The van der Waals surface area contributed by atoms with Crippen molar-refractivity contribution in [2.45, 2.75) is 38.9 Å². The molecule has 0 radical (unpaired) electrons. The third-order valence-electron chi connectivity index (χ3n) is 2.85. The molecule has 0 aliphatic heterocycles. The Hall–Kier alpha value is -0.750. The first-order chi connectivity index (χ1) is 9.36. The highest BCUT2D eigenvalue weighted by Gasteiger charge is 2.16. The summed E-state index contributed by atoms with van der Waals surface area (Å²) in [5.41, 5.74) is 2.12. The third-order valence-corrected chi connectivity index (χ3v) is 3.61. The van der Waals surface area contributed by atoms with Crippen molar-refractivity contribution in [2.24, 2.45) is 0 Å². The van der Waals surface area contributed by atoms with Crippen LogP contribution in [0.5, 0.6) is 0 Å². The summed E-state index contributed by atoms with van der Waals surface area (Å²) in [6.45, 7) is 6.55. The van der Waals surface area contributed by atoms with Crippen LogP contribution < -0.4 is 10.6 Å². The quantitative estimate of drug-likeness (QED) is 0.429. The number of hydrogen-bond acceptors (Lipinski definition) is 5. The van der Waals surface area contributed by atoms with Crippen LogP contribution in [-0.4, -0.2) is 24.6 Å². The van der Waals surface area contributed by atoms with Crippen LogP contribution in [0.1, 0.15) is 35.3 Å². The van der Waals surface area contributed by atoms with E-state index in [1.54, 1.807) is 6.07 Å². The molecule has 0 aliphatic rings. The van der Waals surface area contributed by atoms with Gasteiger partial charge in [-0.05, 0) is 38.0 Å². The number of nitrogens with one attached hydrogen (secondary N) is 2. The van der Waals surface area contributed by atoms with Crippen molar-refractivity contribution >= 4 is 30.2 Å². The van der Waals surface area contributed by atoms with E-state index in [0.717, 1.165) is 11.1 Å². The van der Waals surface area contributed by atoms with Gasteiger partial charge in [0.25, 0.3) is 0 Å². The van der Waals surface area contributed by atoms with Gasteiger partial charge < -0.3 is 4.74 Å². The molecule has 0 spiro atoms. The smallest absolute Gasteiger partial charge is 0.339 e. The summed E-state index contributed by atoms with van der Waals surface area (Å²) in [4.78, 5) is 11.6. The molecule has 0 amide bonds. The Bertz CT molecular complexity index is 480. The van der Waals surface area contributed by atoms with Crippen LogP contribution in [-0.2, 0) is 11.3 Å². The fraction of sp³-hybridized carbons (Fsp3) is 0.500. The molecule has 0 saturated heterocycles. The Morgan fingerprint density at radius 1 is 1.45 bits per heavy atom. The first kappa shape index (κ1) is 17.3. The number of rotatable bonds is 6. The molecule has 1 unspecified atom stereocenters. The highest BCUT2D eigenvalue weighted by Crippen LogP contribution is 2.25. The maximum Gasteiger partial charge on any atom is 0.339 e. The number of thiol groups is 1. The number of benzene rings is 1. The van der Waals surface area contributed by atoms with Gasteiger partial charge >= 0.3 is 5.97 Å². The van der Waals surface area contributed by atoms with Crippen molar-refractivity contribution in [2.75, 3.05) is 7.11 Å². The van der Waals surface area contributed by atoms with Gasteiger partial charge in [-0.2, -0.15) is 0 Å². The number of halogens is 1. The number of esters is 1. The molecule has 0 aromatic heterocycles. The standard InChI is InChI=1S/C14H21ClN2O2S/c1-8(2)17-14(20)16-7-11-9(3)5-6-10(12(11)15)13(18)19-4/h5-6,8,14,16-17,20H,7H2,1-4H3. The van der Waals surface area contributed by atoms with Gasteiger partial charge in [0.1, 0.15) is 5.50 Å². The zero-order valence-electron chi connectivity index (χ0n) is 12.2. The van der Waals surface area contributed by atoms with E-state index in [-0.39, 0.29) is 5.50 Å². The molecule has 0 heterocycles. The molecule has 0 fully saturated rings. The van der Waals surface area contributed by atoms with Crippen LogP contribution in [0.15, 0.2) is 12.1 Å². The van der Waals surface area contributed by atoms with Crippen LogP contribution in [0.3, 0.4) is 0 Å². The number of aryl methyl sites for hydroxylation is 1. The minimum absolute atomic E-state index is 0.146. The summed E-state index contributed by atoms with van der Waals surface area (Å²) in [6.07, 6.45) is 0. The number of methoxy groups -OCH3 is 1. The van der Waals surface area contributed by atoms with Gasteiger partial charge in [0.2, 0.25) is 0 Å². The molecule has 4 nitrogen and oxygen atoms in total. The minimum Gasteiger partial charge on any atom is -0.465 e.